The lowest BCUT2D eigenvalue weighted by Gasteiger charge is -2.25. The molecular weight excluding hydrogens is 404 g/mol. The summed E-state index contributed by atoms with van der Waals surface area (Å²) < 4.78 is 36.8. The van der Waals surface area contributed by atoms with E-state index in [1.54, 1.807) is 18.2 Å². The molecule has 0 spiro atoms. The first kappa shape index (κ1) is 20.4. The van der Waals surface area contributed by atoms with Crippen molar-refractivity contribution in [3.8, 4) is 11.5 Å². The summed E-state index contributed by atoms with van der Waals surface area (Å²) >= 11 is 6.03. The quantitative estimate of drug-likeness (QED) is 0.797. The largest absolute Gasteiger partial charge is 0.495 e. The number of carbonyl (C=O) groups excluding carboxylic acids is 1. The van der Waals surface area contributed by atoms with Crippen LogP contribution in [-0.2, 0) is 21.2 Å². The van der Waals surface area contributed by atoms with E-state index in [1.165, 1.54) is 39.4 Å². The number of methoxy groups -OCH3 is 1. The first-order valence-corrected chi connectivity index (χ1v) is 10.4. The maximum atomic E-state index is 12.8. The average Bonchev–Trinajstić information content (AvgIpc) is 2.67. The van der Waals surface area contributed by atoms with Gasteiger partial charge in [-0.05, 0) is 48.4 Å². The van der Waals surface area contributed by atoms with E-state index in [2.05, 4.69) is 5.32 Å². The Kier molecular flexibility index (Phi) is 5.83. The van der Waals surface area contributed by atoms with Crippen LogP contribution >= 0.6 is 11.6 Å². The number of benzene rings is 2. The number of rotatable bonds is 5. The first-order chi connectivity index (χ1) is 13.2. The average molecular weight is 425 g/mol. The Bertz CT molecular complexity index is 1010. The van der Waals surface area contributed by atoms with Gasteiger partial charge >= 0.3 is 0 Å². The fraction of sp³-hybridized carbons (Fsp3) is 0.316. The van der Waals surface area contributed by atoms with E-state index in [-0.39, 0.29) is 23.1 Å². The van der Waals surface area contributed by atoms with Gasteiger partial charge in [0.05, 0.1) is 23.6 Å². The first-order valence-electron chi connectivity index (χ1n) is 8.55. The molecule has 0 aromatic heterocycles. The zero-order chi connectivity index (χ0) is 20.5. The molecule has 7 nitrogen and oxygen atoms in total. The van der Waals surface area contributed by atoms with Gasteiger partial charge in [0.1, 0.15) is 18.1 Å². The lowest BCUT2D eigenvalue weighted by Crippen LogP contribution is -2.32. The lowest BCUT2D eigenvalue weighted by molar-refractivity contribution is -0.121. The predicted octanol–water partition coefficient (Wildman–Crippen LogP) is 2.79. The third kappa shape index (κ3) is 4.09. The molecule has 0 radical (unpaired) electrons. The summed E-state index contributed by atoms with van der Waals surface area (Å²) in [5.74, 6) is 0.351. The highest BCUT2D eigenvalue weighted by Gasteiger charge is 2.27. The van der Waals surface area contributed by atoms with Crippen molar-refractivity contribution in [3.63, 3.8) is 0 Å². The van der Waals surface area contributed by atoms with Crippen LogP contribution in [0, 0.1) is 5.92 Å². The summed E-state index contributed by atoms with van der Waals surface area (Å²) in [6.45, 7) is 0.221. The molecule has 1 amide bonds. The minimum absolute atomic E-state index is 0.0608. The Hall–Kier alpha value is -2.29. The molecule has 1 atom stereocenters. The number of hydrogen-bond donors (Lipinski definition) is 1. The number of ether oxygens (including phenoxy) is 2. The number of hydrogen-bond acceptors (Lipinski definition) is 5. The number of nitrogens with zero attached hydrogens (tertiary/aromatic N) is 1. The predicted molar refractivity (Wildman–Crippen MR) is 107 cm³/mol. The van der Waals surface area contributed by atoms with Gasteiger partial charge in [-0.1, -0.05) is 11.6 Å². The fourth-order valence-electron chi connectivity index (χ4n) is 2.92. The van der Waals surface area contributed by atoms with E-state index >= 15 is 0 Å². The van der Waals surface area contributed by atoms with Crippen molar-refractivity contribution in [3.05, 3.63) is 47.0 Å². The molecule has 0 bridgehead atoms. The molecule has 1 aliphatic heterocycles. The molecule has 0 saturated carbocycles. The second-order valence-electron chi connectivity index (χ2n) is 6.60. The number of carbonyl (C=O) groups is 1. The minimum Gasteiger partial charge on any atom is -0.495 e. The van der Waals surface area contributed by atoms with Gasteiger partial charge in [-0.25, -0.2) is 12.7 Å². The van der Waals surface area contributed by atoms with Crippen molar-refractivity contribution in [2.75, 3.05) is 33.1 Å². The van der Waals surface area contributed by atoms with Crippen LogP contribution in [0.25, 0.3) is 0 Å². The SMILES string of the molecule is COc1ccc(S(=O)(=O)N(C)C)cc1NC(=O)[C@H]1COc2ccc(Cl)cc2C1. The van der Waals surface area contributed by atoms with Crippen LogP contribution in [0.15, 0.2) is 41.3 Å². The van der Waals surface area contributed by atoms with E-state index in [9.17, 15) is 13.2 Å². The maximum absolute atomic E-state index is 12.8. The zero-order valence-corrected chi connectivity index (χ0v) is 17.3. The van der Waals surface area contributed by atoms with Gasteiger partial charge in [0.2, 0.25) is 15.9 Å². The van der Waals surface area contributed by atoms with E-state index in [1.807, 2.05) is 0 Å². The fourth-order valence-corrected chi connectivity index (χ4v) is 4.05. The summed E-state index contributed by atoms with van der Waals surface area (Å²) in [5.41, 5.74) is 1.14. The van der Waals surface area contributed by atoms with Crippen molar-refractivity contribution in [1.29, 1.82) is 0 Å². The van der Waals surface area contributed by atoms with Crippen LogP contribution in [0.3, 0.4) is 0 Å². The van der Waals surface area contributed by atoms with Crippen molar-refractivity contribution < 1.29 is 22.7 Å². The van der Waals surface area contributed by atoms with Crippen molar-refractivity contribution in [1.82, 2.24) is 4.31 Å². The second kappa shape index (κ2) is 7.98. The Morgan fingerprint density at radius 1 is 1.25 bits per heavy atom. The molecule has 0 saturated heterocycles. The molecule has 1 heterocycles. The number of nitrogens with one attached hydrogen (secondary N) is 1. The summed E-state index contributed by atoms with van der Waals surface area (Å²) in [6, 6.07) is 9.64. The Balaban J connectivity index is 1.84. The van der Waals surface area contributed by atoms with Gasteiger partial charge in [-0.15, -0.1) is 0 Å². The van der Waals surface area contributed by atoms with Crippen LogP contribution in [0.4, 0.5) is 5.69 Å². The maximum Gasteiger partial charge on any atom is 0.242 e. The Morgan fingerprint density at radius 3 is 2.68 bits per heavy atom. The van der Waals surface area contributed by atoms with E-state index in [0.29, 0.717) is 22.9 Å². The third-order valence-corrected chi connectivity index (χ3v) is 6.55. The Morgan fingerprint density at radius 2 is 2.00 bits per heavy atom. The summed E-state index contributed by atoms with van der Waals surface area (Å²) in [7, 11) is 0.697. The molecule has 150 valence electrons. The number of anilines is 1. The summed E-state index contributed by atoms with van der Waals surface area (Å²) in [5, 5.41) is 3.34. The van der Waals surface area contributed by atoms with Crippen LogP contribution in [-0.4, -0.2) is 46.4 Å². The van der Waals surface area contributed by atoms with Crippen LogP contribution in [0.2, 0.25) is 5.02 Å². The number of halogens is 1. The van der Waals surface area contributed by atoms with Gasteiger partial charge in [0.25, 0.3) is 0 Å². The minimum atomic E-state index is -3.64. The van der Waals surface area contributed by atoms with Crippen molar-refractivity contribution in [2.24, 2.45) is 5.92 Å². The molecule has 2 aromatic rings. The molecule has 9 heteroatoms. The number of fused-ring (bicyclic) bond motifs is 1. The van der Waals surface area contributed by atoms with Gasteiger partial charge in [-0.3, -0.25) is 4.79 Å². The summed E-state index contributed by atoms with van der Waals surface area (Å²) in [6.07, 6.45) is 0.472. The van der Waals surface area contributed by atoms with E-state index in [4.69, 9.17) is 21.1 Å². The van der Waals surface area contributed by atoms with Crippen molar-refractivity contribution in [2.45, 2.75) is 11.3 Å². The lowest BCUT2D eigenvalue weighted by atomic mass is 9.96. The molecule has 0 fully saturated rings. The van der Waals surface area contributed by atoms with E-state index < -0.39 is 15.9 Å². The molecule has 0 unspecified atom stereocenters. The summed E-state index contributed by atoms with van der Waals surface area (Å²) in [4.78, 5) is 12.8. The van der Waals surface area contributed by atoms with Crippen LogP contribution in [0.5, 0.6) is 11.5 Å². The van der Waals surface area contributed by atoms with Crippen molar-refractivity contribution >= 4 is 33.2 Å². The van der Waals surface area contributed by atoms with Gasteiger partial charge < -0.3 is 14.8 Å². The molecule has 0 aliphatic carbocycles. The number of sulfonamides is 1. The van der Waals surface area contributed by atoms with Crippen LogP contribution < -0.4 is 14.8 Å². The highest BCUT2D eigenvalue weighted by Crippen LogP contribution is 2.32. The normalized spacial score (nSPS) is 16.2. The molecule has 28 heavy (non-hydrogen) atoms. The molecular formula is C19H21ClN2O5S. The highest BCUT2D eigenvalue weighted by atomic mass is 35.5. The highest BCUT2D eigenvalue weighted by molar-refractivity contribution is 7.89. The second-order valence-corrected chi connectivity index (χ2v) is 9.19. The third-order valence-electron chi connectivity index (χ3n) is 4.51. The molecule has 3 rings (SSSR count). The Labute approximate surface area is 169 Å². The van der Waals surface area contributed by atoms with Gasteiger partial charge in [0, 0.05) is 19.1 Å². The molecule has 2 aromatic carbocycles. The molecule has 1 aliphatic rings. The van der Waals surface area contributed by atoms with Crippen LogP contribution in [0.1, 0.15) is 5.56 Å². The van der Waals surface area contributed by atoms with E-state index in [0.717, 1.165) is 9.87 Å². The monoisotopic (exact) mass is 424 g/mol. The standard InChI is InChI=1S/C19H21ClN2O5S/c1-22(2)28(24,25)15-5-7-18(26-3)16(10-15)21-19(23)13-8-12-9-14(20)4-6-17(12)27-11-13/h4-7,9-10,13H,8,11H2,1-3H3,(H,21,23)/t13-/m1/s1. The smallest absolute Gasteiger partial charge is 0.242 e. The zero-order valence-electron chi connectivity index (χ0n) is 15.7. The topological polar surface area (TPSA) is 84.9 Å². The van der Waals surface area contributed by atoms with Gasteiger partial charge in [-0.2, -0.15) is 0 Å². The molecule has 1 N–H and O–H groups in total. The van der Waals surface area contributed by atoms with Gasteiger partial charge in [0.15, 0.2) is 0 Å². The number of amides is 1.